The Balaban J connectivity index is 2.37. The number of fused-ring (bicyclic) bond motifs is 1. The number of oxazole rings is 1. The van der Waals surface area contributed by atoms with Gasteiger partial charge in [-0.15, -0.1) is 0 Å². The quantitative estimate of drug-likeness (QED) is 0.699. The third kappa shape index (κ3) is 1.72. The van der Waals surface area contributed by atoms with Gasteiger partial charge in [-0.25, -0.2) is 4.98 Å². The molecule has 0 saturated heterocycles. The molecule has 1 aromatic carbocycles. The third-order valence-electron chi connectivity index (χ3n) is 1.98. The topological polar surface area (TPSA) is 26.0 Å². The molecule has 2 rings (SSSR count). The first kappa shape index (κ1) is 8.30. The summed E-state index contributed by atoms with van der Waals surface area (Å²) in [7, 11) is 0. The SMILES string of the molecule is [CH2]C(C)Cc1ccc2ocnc2c1. The molecule has 2 aromatic rings. The molecule has 0 N–H and O–H groups in total. The maximum absolute atomic E-state index is 5.15. The van der Waals surface area contributed by atoms with Crippen LogP contribution in [0.1, 0.15) is 12.5 Å². The van der Waals surface area contributed by atoms with Crippen molar-refractivity contribution in [2.24, 2.45) is 5.92 Å². The van der Waals surface area contributed by atoms with Crippen molar-refractivity contribution in [1.82, 2.24) is 4.98 Å². The first-order valence-electron chi connectivity index (χ1n) is 4.41. The summed E-state index contributed by atoms with van der Waals surface area (Å²) in [6, 6.07) is 6.08. The zero-order valence-electron chi connectivity index (χ0n) is 7.66. The number of nitrogens with zero attached hydrogens (tertiary/aromatic N) is 1. The fourth-order valence-electron chi connectivity index (χ4n) is 1.43. The van der Waals surface area contributed by atoms with Crippen LogP contribution in [-0.2, 0) is 6.42 Å². The molecular formula is C11H12NO. The highest BCUT2D eigenvalue weighted by Gasteiger charge is 2.01. The Hall–Kier alpha value is -1.31. The van der Waals surface area contributed by atoms with Crippen LogP contribution in [0.4, 0.5) is 0 Å². The second-order valence-corrected chi connectivity index (χ2v) is 3.46. The lowest BCUT2D eigenvalue weighted by Crippen LogP contribution is -1.93. The average molecular weight is 174 g/mol. The molecule has 2 heteroatoms. The fraction of sp³-hybridized carbons (Fsp3) is 0.273. The zero-order chi connectivity index (χ0) is 9.26. The van der Waals surface area contributed by atoms with Crippen molar-refractivity contribution in [3.8, 4) is 0 Å². The highest BCUT2D eigenvalue weighted by atomic mass is 16.3. The van der Waals surface area contributed by atoms with Crippen molar-refractivity contribution >= 4 is 11.1 Å². The van der Waals surface area contributed by atoms with Gasteiger partial charge < -0.3 is 4.42 Å². The number of aromatic nitrogens is 1. The molecule has 1 unspecified atom stereocenters. The van der Waals surface area contributed by atoms with E-state index in [2.05, 4.69) is 31.0 Å². The van der Waals surface area contributed by atoms with Gasteiger partial charge in [-0.3, -0.25) is 0 Å². The highest BCUT2D eigenvalue weighted by Crippen LogP contribution is 2.16. The molecule has 67 valence electrons. The molecule has 0 aliphatic rings. The Labute approximate surface area is 77.6 Å². The molecule has 0 fully saturated rings. The standard InChI is InChI=1S/C11H12NO/c1-8(2)5-9-3-4-11-10(6-9)12-7-13-11/h3-4,6-8H,1,5H2,2H3. The second-order valence-electron chi connectivity index (χ2n) is 3.46. The molecule has 0 saturated carbocycles. The fourth-order valence-corrected chi connectivity index (χ4v) is 1.43. The van der Waals surface area contributed by atoms with Crippen molar-refractivity contribution in [2.75, 3.05) is 0 Å². The smallest absolute Gasteiger partial charge is 0.181 e. The minimum atomic E-state index is 0.435. The lowest BCUT2D eigenvalue weighted by atomic mass is 10.0. The lowest BCUT2D eigenvalue weighted by Gasteiger charge is -2.03. The Morgan fingerprint density at radius 3 is 3.15 bits per heavy atom. The molecule has 0 amide bonds. The highest BCUT2D eigenvalue weighted by molar-refractivity contribution is 5.72. The van der Waals surface area contributed by atoms with Crippen LogP contribution in [-0.4, -0.2) is 4.98 Å². The van der Waals surface area contributed by atoms with Gasteiger partial charge in [0, 0.05) is 0 Å². The van der Waals surface area contributed by atoms with Gasteiger partial charge in [0.05, 0.1) is 0 Å². The first-order valence-corrected chi connectivity index (χ1v) is 4.41. The van der Waals surface area contributed by atoms with Crippen LogP contribution in [0, 0.1) is 12.8 Å². The molecule has 1 aromatic heterocycles. The molecule has 2 nitrogen and oxygen atoms in total. The van der Waals surface area contributed by atoms with E-state index < -0.39 is 0 Å². The Morgan fingerprint density at radius 1 is 1.54 bits per heavy atom. The van der Waals surface area contributed by atoms with Gasteiger partial charge in [0.25, 0.3) is 0 Å². The summed E-state index contributed by atoms with van der Waals surface area (Å²) in [5, 5.41) is 0. The van der Waals surface area contributed by atoms with E-state index in [1.54, 1.807) is 0 Å². The number of rotatable bonds is 2. The van der Waals surface area contributed by atoms with Crippen LogP contribution in [0.5, 0.6) is 0 Å². The van der Waals surface area contributed by atoms with Gasteiger partial charge in [-0.1, -0.05) is 19.9 Å². The van der Waals surface area contributed by atoms with Crippen LogP contribution in [0.2, 0.25) is 0 Å². The van der Waals surface area contributed by atoms with E-state index >= 15 is 0 Å². The minimum absolute atomic E-state index is 0.435. The van der Waals surface area contributed by atoms with Gasteiger partial charge in [0.1, 0.15) is 5.52 Å². The van der Waals surface area contributed by atoms with E-state index in [-0.39, 0.29) is 0 Å². The molecule has 0 aliphatic carbocycles. The summed E-state index contributed by atoms with van der Waals surface area (Å²) in [6.07, 6.45) is 2.46. The van der Waals surface area contributed by atoms with Crippen molar-refractivity contribution in [1.29, 1.82) is 0 Å². The lowest BCUT2D eigenvalue weighted by molar-refractivity contribution is 0.602. The van der Waals surface area contributed by atoms with Crippen LogP contribution in [0.3, 0.4) is 0 Å². The molecule has 1 radical (unpaired) electrons. The van der Waals surface area contributed by atoms with Gasteiger partial charge in [-0.05, 0) is 30.0 Å². The summed E-state index contributed by atoms with van der Waals surface area (Å²) < 4.78 is 5.15. The molecular weight excluding hydrogens is 162 g/mol. The van der Waals surface area contributed by atoms with Crippen LogP contribution >= 0.6 is 0 Å². The summed E-state index contributed by atoms with van der Waals surface area (Å²) in [5.74, 6) is 0.435. The summed E-state index contributed by atoms with van der Waals surface area (Å²) in [5.41, 5.74) is 3.04. The number of hydrogen-bond donors (Lipinski definition) is 0. The number of hydrogen-bond acceptors (Lipinski definition) is 2. The second kappa shape index (κ2) is 3.21. The van der Waals surface area contributed by atoms with Crippen LogP contribution < -0.4 is 0 Å². The van der Waals surface area contributed by atoms with Crippen molar-refractivity contribution in [3.05, 3.63) is 37.1 Å². The van der Waals surface area contributed by atoms with E-state index in [0.29, 0.717) is 5.92 Å². The van der Waals surface area contributed by atoms with Crippen molar-refractivity contribution in [3.63, 3.8) is 0 Å². The average Bonchev–Trinajstić information content (AvgIpc) is 2.49. The molecule has 1 heterocycles. The maximum Gasteiger partial charge on any atom is 0.181 e. The largest absolute Gasteiger partial charge is 0.443 e. The Kier molecular flexibility index (Phi) is 2.05. The van der Waals surface area contributed by atoms with Gasteiger partial charge in [0.2, 0.25) is 0 Å². The summed E-state index contributed by atoms with van der Waals surface area (Å²) in [6.45, 7) is 6.06. The van der Waals surface area contributed by atoms with E-state index in [9.17, 15) is 0 Å². The number of benzene rings is 1. The molecule has 0 aliphatic heterocycles. The molecule has 1 atom stereocenters. The summed E-state index contributed by atoms with van der Waals surface area (Å²) >= 11 is 0. The van der Waals surface area contributed by atoms with E-state index in [4.69, 9.17) is 4.42 Å². The minimum Gasteiger partial charge on any atom is -0.443 e. The van der Waals surface area contributed by atoms with Gasteiger partial charge in [-0.2, -0.15) is 0 Å². The Morgan fingerprint density at radius 2 is 2.38 bits per heavy atom. The molecule has 0 spiro atoms. The molecule has 0 bridgehead atoms. The van der Waals surface area contributed by atoms with E-state index in [1.807, 2.05) is 6.07 Å². The Bertz CT molecular complexity index is 403. The molecule has 13 heavy (non-hydrogen) atoms. The van der Waals surface area contributed by atoms with Crippen molar-refractivity contribution in [2.45, 2.75) is 13.3 Å². The van der Waals surface area contributed by atoms with E-state index in [1.165, 1.54) is 12.0 Å². The monoisotopic (exact) mass is 174 g/mol. The van der Waals surface area contributed by atoms with E-state index in [0.717, 1.165) is 17.5 Å². The third-order valence-corrected chi connectivity index (χ3v) is 1.98. The first-order chi connectivity index (χ1) is 6.25. The zero-order valence-corrected chi connectivity index (χ0v) is 7.66. The predicted octanol–water partition coefficient (Wildman–Crippen LogP) is 2.84. The van der Waals surface area contributed by atoms with Crippen LogP contribution in [0.15, 0.2) is 29.0 Å². The van der Waals surface area contributed by atoms with Gasteiger partial charge in [0.15, 0.2) is 12.0 Å². The van der Waals surface area contributed by atoms with Crippen molar-refractivity contribution < 1.29 is 4.42 Å². The summed E-state index contributed by atoms with van der Waals surface area (Å²) in [4.78, 5) is 4.10. The predicted molar refractivity (Wildman–Crippen MR) is 52.2 cm³/mol. The van der Waals surface area contributed by atoms with Gasteiger partial charge >= 0.3 is 0 Å². The normalized spacial score (nSPS) is 11.3. The van der Waals surface area contributed by atoms with Crippen LogP contribution in [0.25, 0.3) is 11.1 Å². The maximum atomic E-state index is 5.15.